The van der Waals surface area contributed by atoms with Crippen LogP contribution in [0.4, 0.5) is 0 Å². The van der Waals surface area contributed by atoms with E-state index in [4.69, 9.17) is 9.84 Å². The second-order valence-electron chi connectivity index (χ2n) is 6.83. The van der Waals surface area contributed by atoms with Gasteiger partial charge in [0.25, 0.3) is 0 Å². The van der Waals surface area contributed by atoms with Gasteiger partial charge in [-0.15, -0.1) is 0 Å². The van der Waals surface area contributed by atoms with Gasteiger partial charge in [0.05, 0.1) is 6.61 Å². The summed E-state index contributed by atoms with van der Waals surface area (Å²) < 4.78 is 5.06. The summed E-state index contributed by atoms with van der Waals surface area (Å²) in [4.78, 5) is 11.1. The summed E-state index contributed by atoms with van der Waals surface area (Å²) in [5.41, 5.74) is 0. The second-order valence-corrected chi connectivity index (χ2v) is 6.83. The Morgan fingerprint density at radius 1 is 0.875 bits per heavy atom. The molecule has 0 saturated carbocycles. The maximum Gasteiger partial charge on any atom is 0.330 e. The highest BCUT2D eigenvalue weighted by Gasteiger charge is 2.10. The van der Waals surface area contributed by atoms with Gasteiger partial charge in [-0.3, -0.25) is 0 Å². The van der Waals surface area contributed by atoms with Gasteiger partial charge in [-0.25, -0.2) is 4.79 Å². The van der Waals surface area contributed by atoms with Crippen LogP contribution in [0.15, 0.2) is 12.7 Å². The third-order valence-corrected chi connectivity index (χ3v) is 4.53. The zero-order chi connectivity index (χ0) is 17.9. The number of esters is 1. The van der Waals surface area contributed by atoms with Gasteiger partial charge in [-0.2, -0.15) is 0 Å². The largest absolute Gasteiger partial charge is 0.457 e. The molecule has 0 aromatic heterocycles. The van der Waals surface area contributed by atoms with E-state index in [1.807, 2.05) is 0 Å². The third-order valence-electron chi connectivity index (χ3n) is 4.53. The van der Waals surface area contributed by atoms with Gasteiger partial charge in [0, 0.05) is 6.08 Å². The van der Waals surface area contributed by atoms with Gasteiger partial charge in [0.15, 0.2) is 0 Å². The van der Waals surface area contributed by atoms with Crippen LogP contribution in [0.5, 0.6) is 0 Å². The van der Waals surface area contributed by atoms with Gasteiger partial charge in [0.2, 0.25) is 0 Å². The first-order valence-electron chi connectivity index (χ1n) is 10.2. The maximum absolute atomic E-state index is 11.1. The van der Waals surface area contributed by atoms with E-state index in [0.717, 1.165) is 25.3 Å². The Morgan fingerprint density at radius 2 is 1.29 bits per heavy atom. The maximum atomic E-state index is 11.1. The second kappa shape index (κ2) is 18.5. The van der Waals surface area contributed by atoms with E-state index in [0.29, 0.717) is 0 Å². The Kier molecular flexibility index (Phi) is 17.9. The predicted molar refractivity (Wildman–Crippen MR) is 102 cm³/mol. The van der Waals surface area contributed by atoms with E-state index in [2.05, 4.69) is 13.5 Å². The molecule has 1 atom stereocenters. The number of aliphatic hydroxyl groups is 1. The molecule has 0 aromatic rings. The van der Waals surface area contributed by atoms with E-state index in [9.17, 15) is 4.79 Å². The van der Waals surface area contributed by atoms with Crippen LogP contribution in [-0.2, 0) is 9.53 Å². The van der Waals surface area contributed by atoms with Crippen LogP contribution in [0.3, 0.4) is 0 Å². The molecule has 0 aliphatic heterocycles. The van der Waals surface area contributed by atoms with Crippen molar-refractivity contribution in [3.63, 3.8) is 0 Å². The van der Waals surface area contributed by atoms with Crippen LogP contribution in [0, 0.1) is 0 Å². The van der Waals surface area contributed by atoms with Crippen LogP contribution in [0.25, 0.3) is 0 Å². The monoisotopic (exact) mass is 340 g/mol. The van der Waals surface area contributed by atoms with Gasteiger partial charge in [-0.05, 0) is 12.8 Å². The predicted octanol–water partition coefficient (Wildman–Crippen LogP) is 5.95. The highest BCUT2D eigenvalue weighted by atomic mass is 16.5. The molecule has 0 amide bonds. The van der Waals surface area contributed by atoms with Crippen molar-refractivity contribution < 1.29 is 14.6 Å². The van der Waals surface area contributed by atoms with Crippen molar-refractivity contribution in [1.82, 2.24) is 0 Å². The molecule has 0 fully saturated rings. The summed E-state index contributed by atoms with van der Waals surface area (Å²) in [6.45, 7) is 5.53. The molecule has 1 N–H and O–H groups in total. The highest BCUT2D eigenvalue weighted by Crippen LogP contribution is 2.14. The number of rotatable bonds is 18. The Balaban J connectivity index is 3.24. The minimum absolute atomic E-state index is 0.0992. The number of carbonyl (C=O) groups is 1. The molecule has 3 nitrogen and oxygen atoms in total. The normalized spacial score (nSPS) is 12.1. The lowest BCUT2D eigenvalue weighted by molar-refractivity contribution is -0.145. The summed E-state index contributed by atoms with van der Waals surface area (Å²) in [5.74, 6) is -0.445. The first-order chi connectivity index (χ1) is 11.7. The number of aliphatic hydroxyl groups excluding tert-OH is 1. The number of unbranched alkanes of at least 4 members (excludes halogenated alkanes) is 13. The first-order valence-corrected chi connectivity index (χ1v) is 10.2. The minimum Gasteiger partial charge on any atom is -0.457 e. The molecule has 142 valence electrons. The lowest BCUT2D eigenvalue weighted by Gasteiger charge is -2.13. The van der Waals surface area contributed by atoms with Crippen molar-refractivity contribution in [3.05, 3.63) is 12.7 Å². The van der Waals surface area contributed by atoms with Crippen molar-refractivity contribution in [2.24, 2.45) is 0 Å². The zero-order valence-electron chi connectivity index (χ0n) is 15.9. The van der Waals surface area contributed by atoms with Gasteiger partial charge in [-0.1, -0.05) is 97.0 Å². The zero-order valence-corrected chi connectivity index (χ0v) is 15.9. The number of carbonyl (C=O) groups excluding carboxylic acids is 1. The fraction of sp³-hybridized carbons (Fsp3) is 0.857. The Morgan fingerprint density at radius 3 is 1.67 bits per heavy atom. The SMILES string of the molecule is C=CC(=O)OC(CO)CCCCCCCCCCCCCCCC. The lowest BCUT2D eigenvalue weighted by atomic mass is 10.0. The fourth-order valence-corrected chi connectivity index (χ4v) is 2.97. The topological polar surface area (TPSA) is 46.5 Å². The average molecular weight is 341 g/mol. The number of hydrogen-bond acceptors (Lipinski definition) is 3. The Labute approximate surface area is 149 Å². The van der Waals surface area contributed by atoms with Crippen molar-refractivity contribution in [3.8, 4) is 0 Å². The highest BCUT2D eigenvalue weighted by molar-refractivity contribution is 5.81. The van der Waals surface area contributed by atoms with Crippen LogP contribution in [-0.4, -0.2) is 23.8 Å². The molecule has 0 aromatic carbocycles. The molecule has 0 aliphatic carbocycles. The summed E-state index contributed by atoms with van der Waals surface area (Å²) in [6.07, 6.45) is 20.1. The third kappa shape index (κ3) is 16.0. The molecule has 0 aliphatic rings. The molecule has 24 heavy (non-hydrogen) atoms. The van der Waals surface area contributed by atoms with Crippen LogP contribution < -0.4 is 0 Å². The molecule has 0 spiro atoms. The fourth-order valence-electron chi connectivity index (χ4n) is 2.97. The van der Waals surface area contributed by atoms with Crippen molar-refractivity contribution in [1.29, 1.82) is 0 Å². The van der Waals surface area contributed by atoms with Crippen molar-refractivity contribution in [2.45, 2.75) is 109 Å². The summed E-state index contributed by atoms with van der Waals surface area (Å²) >= 11 is 0. The van der Waals surface area contributed by atoms with Gasteiger partial charge in [0.1, 0.15) is 6.10 Å². The van der Waals surface area contributed by atoms with Crippen molar-refractivity contribution >= 4 is 5.97 Å². The van der Waals surface area contributed by atoms with E-state index < -0.39 is 5.97 Å². The minimum atomic E-state index is -0.445. The van der Waals surface area contributed by atoms with Gasteiger partial charge < -0.3 is 9.84 Å². The summed E-state index contributed by atoms with van der Waals surface area (Å²) in [7, 11) is 0. The van der Waals surface area contributed by atoms with Crippen LogP contribution >= 0.6 is 0 Å². The number of hydrogen-bond donors (Lipinski definition) is 1. The van der Waals surface area contributed by atoms with E-state index in [-0.39, 0.29) is 12.7 Å². The van der Waals surface area contributed by atoms with Crippen molar-refractivity contribution in [2.75, 3.05) is 6.61 Å². The van der Waals surface area contributed by atoms with E-state index in [1.165, 1.54) is 77.0 Å². The molecule has 0 saturated heterocycles. The molecule has 0 radical (unpaired) electrons. The molecular formula is C21H40O3. The van der Waals surface area contributed by atoms with E-state index in [1.54, 1.807) is 0 Å². The smallest absolute Gasteiger partial charge is 0.330 e. The molecule has 0 rings (SSSR count). The average Bonchev–Trinajstić information content (AvgIpc) is 2.60. The van der Waals surface area contributed by atoms with Crippen LogP contribution in [0.2, 0.25) is 0 Å². The summed E-state index contributed by atoms with van der Waals surface area (Å²) in [5, 5.41) is 9.16. The Hall–Kier alpha value is -0.830. The van der Waals surface area contributed by atoms with E-state index >= 15 is 0 Å². The summed E-state index contributed by atoms with van der Waals surface area (Å²) in [6, 6.07) is 0. The standard InChI is InChI=1S/C21H40O3/c1-3-5-6-7-8-9-10-11-12-13-14-15-16-17-18-20(19-22)24-21(23)4-2/h4,20,22H,2-3,5-19H2,1H3. The molecule has 1 unspecified atom stereocenters. The lowest BCUT2D eigenvalue weighted by Crippen LogP contribution is -2.20. The molecular weight excluding hydrogens is 300 g/mol. The number of ether oxygens (including phenoxy) is 1. The quantitative estimate of drug-likeness (QED) is 0.190. The molecule has 0 bridgehead atoms. The van der Waals surface area contributed by atoms with Crippen LogP contribution in [0.1, 0.15) is 103 Å². The first kappa shape index (κ1) is 23.2. The van der Waals surface area contributed by atoms with Gasteiger partial charge >= 0.3 is 5.97 Å². The molecule has 0 heterocycles. The molecule has 3 heteroatoms. The Bertz CT molecular complexity index is 289.